The van der Waals surface area contributed by atoms with Crippen molar-refractivity contribution in [3.05, 3.63) is 255 Å². The molecule has 0 N–H and O–H groups in total. The molecule has 342 valence electrons. The minimum atomic E-state index is -0.0791. The van der Waals surface area contributed by atoms with E-state index >= 15 is 0 Å². The second-order valence-electron chi connectivity index (χ2n) is 20.0. The highest BCUT2D eigenvalue weighted by molar-refractivity contribution is 7.03. The van der Waals surface area contributed by atoms with Gasteiger partial charge in [-0.2, -0.15) is 0 Å². The molecule has 0 radical (unpaired) electrons. The van der Waals surface area contributed by atoms with E-state index in [0.29, 0.717) is 0 Å². The molecule has 11 aromatic carbocycles. The van der Waals surface area contributed by atoms with Crippen LogP contribution in [0.1, 0.15) is 0 Å². The van der Waals surface area contributed by atoms with Crippen LogP contribution in [-0.4, -0.2) is 13.4 Å². The van der Waals surface area contributed by atoms with Gasteiger partial charge in [0.05, 0.1) is 45.5 Å². The molecule has 0 saturated carbocycles. The Balaban J connectivity index is 1.01. The molecule has 0 amide bonds. The van der Waals surface area contributed by atoms with E-state index in [-0.39, 0.29) is 13.4 Å². The first-order chi connectivity index (χ1) is 36.8. The minimum Gasteiger partial charge on any atom is -0.311 e. The summed E-state index contributed by atoms with van der Waals surface area (Å²) in [6.07, 6.45) is 0. The molecule has 74 heavy (non-hydrogen) atoms. The molecular weight excluding hydrogens is 898 g/mol. The number of nitrogens with zero attached hydrogens (tertiary/aromatic N) is 6. The van der Waals surface area contributed by atoms with Crippen LogP contribution in [0.15, 0.2) is 255 Å². The van der Waals surface area contributed by atoms with Gasteiger partial charge >= 0.3 is 0 Å². The highest BCUT2D eigenvalue weighted by Crippen LogP contribution is 2.60. The lowest BCUT2D eigenvalue weighted by molar-refractivity contribution is 1.15. The van der Waals surface area contributed by atoms with Crippen LogP contribution in [0.3, 0.4) is 0 Å². The molecule has 6 aliphatic rings. The average Bonchev–Trinajstić information content (AvgIpc) is 3.50. The van der Waals surface area contributed by atoms with Crippen LogP contribution in [-0.2, 0) is 0 Å². The number of anilines is 18. The van der Waals surface area contributed by atoms with Crippen molar-refractivity contribution in [3.8, 4) is 0 Å². The van der Waals surface area contributed by atoms with Crippen molar-refractivity contribution in [2.75, 3.05) is 29.4 Å². The third-order valence-electron chi connectivity index (χ3n) is 16.4. The summed E-state index contributed by atoms with van der Waals surface area (Å²) < 4.78 is 0. The van der Waals surface area contributed by atoms with Gasteiger partial charge in [0.15, 0.2) is 0 Å². The maximum absolute atomic E-state index is 2.64. The molecule has 0 aliphatic carbocycles. The Morgan fingerprint density at radius 1 is 0.189 bits per heavy atom. The van der Waals surface area contributed by atoms with Gasteiger partial charge in [-0.3, -0.25) is 0 Å². The summed E-state index contributed by atoms with van der Waals surface area (Å²) in [6, 6.07) is 94.7. The third kappa shape index (κ3) is 5.20. The normalized spacial score (nSPS) is 14.3. The predicted molar refractivity (Wildman–Crippen MR) is 311 cm³/mol. The van der Waals surface area contributed by atoms with Crippen molar-refractivity contribution in [1.82, 2.24) is 0 Å². The van der Waals surface area contributed by atoms with E-state index < -0.39 is 0 Å². The summed E-state index contributed by atoms with van der Waals surface area (Å²) in [4.78, 5) is 15.2. The molecule has 11 aromatic rings. The number of fused-ring (bicyclic) bond motifs is 14. The van der Waals surface area contributed by atoms with E-state index in [1.165, 1.54) is 78.3 Å². The van der Waals surface area contributed by atoms with Gasteiger partial charge in [-0.1, -0.05) is 140 Å². The van der Waals surface area contributed by atoms with Crippen LogP contribution in [0.25, 0.3) is 0 Å². The zero-order chi connectivity index (χ0) is 48.2. The summed E-state index contributed by atoms with van der Waals surface area (Å²) in [5.41, 5.74) is 28.9. The standard InChI is InChI=1S/C66H42B2N6/c1-5-21-43(22-6-1)69-51-31-15-13-29-47(51)67-49-41-50-62(42-61(49)73-55-35-19-17-33-53(55)71(45-25-9-3-10-26-45)59-39-37-57(69)63(67)65(59)73)74-56-36-20-18-34-54(56)72(46-27-11-4-12-28-46)60-40-38-58-64(66(60)74)68(50)48-30-14-16-32-52(48)70(58)44-23-7-2-8-24-44/h1-42H. The van der Waals surface area contributed by atoms with Crippen LogP contribution < -0.4 is 62.2 Å². The van der Waals surface area contributed by atoms with Crippen molar-refractivity contribution >= 4 is 149 Å². The first-order valence-electron chi connectivity index (χ1n) is 25.7. The van der Waals surface area contributed by atoms with Crippen molar-refractivity contribution in [2.24, 2.45) is 0 Å². The summed E-state index contributed by atoms with van der Waals surface area (Å²) in [6.45, 7) is -0.158. The Kier molecular flexibility index (Phi) is 8.08. The highest BCUT2D eigenvalue weighted by atomic mass is 15.3. The number of para-hydroxylation sites is 10. The fraction of sp³-hybridized carbons (Fsp3) is 0. The zero-order valence-electron chi connectivity index (χ0n) is 40.1. The second kappa shape index (κ2) is 14.9. The van der Waals surface area contributed by atoms with Crippen molar-refractivity contribution in [2.45, 2.75) is 0 Å². The highest BCUT2D eigenvalue weighted by Gasteiger charge is 2.51. The van der Waals surface area contributed by atoms with Crippen LogP contribution in [0.2, 0.25) is 0 Å². The summed E-state index contributed by atoms with van der Waals surface area (Å²) in [5.74, 6) is 0. The Morgan fingerprint density at radius 2 is 0.473 bits per heavy atom. The summed E-state index contributed by atoms with van der Waals surface area (Å²) in [7, 11) is 0. The second-order valence-corrected chi connectivity index (χ2v) is 20.0. The molecule has 6 heterocycles. The molecule has 8 heteroatoms. The third-order valence-corrected chi connectivity index (χ3v) is 16.4. The molecule has 0 saturated heterocycles. The number of hydrogen-bond acceptors (Lipinski definition) is 6. The molecule has 6 nitrogen and oxygen atoms in total. The number of hydrogen-bond donors (Lipinski definition) is 0. The molecule has 0 spiro atoms. The smallest absolute Gasteiger partial charge is 0.252 e. The first kappa shape index (κ1) is 40.0. The lowest BCUT2D eigenvalue weighted by atomic mass is 9.30. The van der Waals surface area contributed by atoms with E-state index in [1.807, 2.05) is 0 Å². The van der Waals surface area contributed by atoms with Gasteiger partial charge in [0, 0.05) is 56.9 Å². The zero-order valence-corrected chi connectivity index (χ0v) is 40.1. The van der Waals surface area contributed by atoms with Crippen LogP contribution in [0.5, 0.6) is 0 Å². The fourth-order valence-corrected chi connectivity index (χ4v) is 13.6. The molecular formula is C66H42B2N6. The van der Waals surface area contributed by atoms with Crippen LogP contribution in [0, 0.1) is 0 Å². The van der Waals surface area contributed by atoms with Crippen molar-refractivity contribution in [1.29, 1.82) is 0 Å². The van der Waals surface area contributed by atoms with Crippen LogP contribution >= 0.6 is 0 Å². The van der Waals surface area contributed by atoms with Gasteiger partial charge in [-0.15, -0.1) is 0 Å². The van der Waals surface area contributed by atoms with Gasteiger partial charge < -0.3 is 29.4 Å². The van der Waals surface area contributed by atoms with E-state index in [2.05, 4.69) is 284 Å². The van der Waals surface area contributed by atoms with E-state index in [1.54, 1.807) is 0 Å². The van der Waals surface area contributed by atoms with Crippen LogP contribution in [0.4, 0.5) is 102 Å². The predicted octanol–water partition coefficient (Wildman–Crippen LogP) is 13.4. The molecule has 0 unspecified atom stereocenters. The quantitative estimate of drug-likeness (QED) is 0.163. The molecule has 17 rings (SSSR count). The lowest BCUT2D eigenvalue weighted by Crippen LogP contribution is -2.65. The van der Waals surface area contributed by atoms with E-state index in [9.17, 15) is 0 Å². The summed E-state index contributed by atoms with van der Waals surface area (Å²) >= 11 is 0. The minimum absolute atomic E-state index is 0.0791. The first-order valence-corrected chi connectivity index (χ1v) is 25.7. The topological polar surface area (TPSA) is 19.4 Å². The Hall–Kier alpha value is -9.65. The Morgan fingerprint density at radius 3 is 0.838 bits per heavy atom. The number of benzene rings is 11. The van der Waals surface area contributed by atoms with Gasteiger partial charge in [0.25, 0.3) is 13.4 Å². The van der Waals surface area contributed by atoms with Crippen molar-refractivity contribution in [3.63, 3.8) is 0 Å². The maximum Gasteiger partial charge on any atom is 0.252 e. The van der Waals surface area contributed by atoms with Gasteiger partial charge in [0.2, 0.25) is 0 Å². The fourth-order valence-electron chi connectivity index (χ4n) is 13.6. The molecule has 0 atom stereocenters. The van der Waals surface area contributed by atoms with Crippen molar-refractivity contribution < 1.29 is 0 Å². The number of rotatable bonds is 4. The summed E-state index contributed by atoms with van der Waals surface area (Å²) in [5, 5.41) is 0. The molecule has 0 fully saturated rings. The SMILES string of the molecule is c1ccc(N2c3ccccc3B3c4cc5c(cc4N4c6ccccc6N(c6ccccc6)c6ccc2c3c64)N2c3ccccc3N(c3ccccc3)c3ccc4c(c32)B5c2ccccc2N4c2ccccc2)cc1. The molecule has 0 aromatic heterocycles. The molecule has 6 aliphatic heterocycles. The van der Waals surface area contributed by atoms with Gasteiger partial charge in [0.1, 0.15) is 0 Å². The van der Waals surface area contributed by atoms with Gasteiger partial charge in [-0.05, 0) is 148 Å². The Bertz CT molecular complexity index is 3620. The van der Waals surface area contributed by atoms with Gasteiger partial charge in [-0.25, -0.2) is 0 Å². The average molecular weight is 941 g/mol. The van der Waals surface area contributed by atoms with E-state index in [4.69, 9.17) is 0 Å². The van der Waals surface area contributed by atoms with E-state index in [0.717, 1.165) is 56.9 Å². The molecule has 0 bridgehead atoms. The largest absolute Gasteiger partial charge is 0.311 e. The Labute approximate surface area is 430 Å². The maximum atomic E-state index is 2.64. The monoisotopic (exact) mass is 940 g/mol. The lowest BCUT2D eigenvalue weighted by Gasteiger charge is -2.51.